The molecule has 1 atom stereocenters. The highest BCUT2D eigenvalue weighted by atomic mass is 16.2. The average Bonchev–Trinajstić information content (AvgIpc) is 3.45. The molecule has 2 aromatic rings. The minimum absolute atomic E-state index is 0.0322. The summed E-state index contributed by atoms with van der Waals surface area (Å²) in [6.45, 7) is 3.45. The Kier molecular flexibility index (Phi) is 4.64. The van der Waals surface area contributed by atoms with Gasteiger partial charge >= 0.3 is 6.03 Å². The van der Waals surface area contributed by atoms with E-state index in [0.29, 0.717) is 19.0 Å². The second-order valence-corrected chi connectivity index (χ2v) is 8.52. The maximum Gasteiger partial charge on any atom is 0.331 e. The Labute approximate surface area is 172 Å². The Morgan fingerprint density at radius 2 is 1.90 bits per heavy atom. The van der Waals surface area contributed by atoms with Gasteiger partial charge in [0.05, 0.1) is 12.6 Å². The number of hydrogen-bond donors (Lipinski definition) is 0. The second kappa shape index (κ2) is 7.32. The lowest BCUT2D eigenvalue weighted by Crippen LogP contribution is -2.51. The van der Waals surface area contributed by atoms with E-state index in [2.05, 4.69) is 42.8 Å². The van der Waals surface area contributed by atoms with Crippen LogP contribution in [0.25, 0.3) is 0 Å². The molecule has 0 unspecified atom stereocenters. The molecule has 3 heterocycles. The first-order chi connectivity index (χ1) is 14.2. The van der Waals surface area contributed by atoms with Gasteiger partial charge in [-0.25, -0.2) is 9.78 Å². The molecular weight excluding hydrogens is 362 g/mol. The maximum atomic E-state index is 13.3. The van der Waals surface area contributed by atoms with E-state index in [-0.39, 0.29) is 12.1 Å². The summed E-state index contributed by atoms with van der Waals surface area (Å²) in [5, 5.41) is 0. The lowest BCUT2D eigenvalue weighted by molar-refractivity contribution is 0.226. The molecule has 1 fully saturated rings. The van der Waals surface area contributed by atoms with Crippen LogP contribution in [-0.2, 0) is 13.5 Å². The monoisotopic (exact) mass is 391 g/mol. The van der Waals surface area contributed by atoms with Gasteiger partial charge in [0.15, 0.2) is 11.7 Å². The highest BCUT2D eigenvalue weighted by molar-refractivity contribution is 6.18. The van der Waals surface area contributed by atoms with Gasteiger partial charge in [0.1, 0.15) is 11.5 Å². The number of benzene rings is 1. The van der Waals surface area contributed by atoms with Gasteiger partial charge in [-0.2, -0.15) is 0 Å². The van der Waals surface area contributed by atoms with Gasteiger partial charge in [0.25, 0.3) is 0 Å². The third kappa shape index (κ3) is 3.05. The number of rotatable bonds is 5. The zero-order chi connectivity index (χ0) is 20.0. The number of hydrogen-bond acceptors (Lipinski definition) is 3. The summed E-state index contributed by atoms with van der Waals surface area (Å²) in [4.78, 5) is 27.1. The van der Waals surface area contributed by atoms with Crippen LogP contribution in [0.15, 0.2) is 35.3 Å². The van der Waals surface area contributed by atoms with Crippen molar-refractivity contribution in [3.8, 4) is 0 Å². The van der Waals surface area contributed by atoms with Crippen LogP contribution in [0, 0.1) is 0 Å². The predicted octanol–water partition coefficient (Wildman–Crippen LogP) is 4.10. The molecule has 3 aliphatic rings. The number of anilines is 1. The fraction of sp³-hybridized carbons (Fsp3) is 0.522. The van der Waals surface area contributed by atoms with Crippen LogP contribution in [-0.4, -0.2) is 45.4 Å². The highest BCUT2D eigenvalue weighted by Gasteiger charge is 2.43. The second-order valence-electron chi connectivity index (χ2n) is 8.52. The van der Waals surface area contributed by atoms with Gasteiger partial charge < -0.3 is 4.57 Å². The summed E-state index contributed by atoms with van der Waals surface area (Å²) in [5.41, 5.74) is 2.28. The van der Waals surface area contributed by atoms with Crippen molar-refractivity contribution >= 4 is 17.7 Å². The molecule has 1 aromatic carbocycles. The normalized spacial score (nSPS) is 21.5. The Balaban J connectivity index is 1.54. The molecule has 0 N–H and O–H groups in total. The van der Waals surface area contributed by atoms with Crippen molar-refractivity contribution in [1.82, 2.24) is 14.5 Å². The molecule has 2 amide bonds. The number of imidazole rings is 1. The lowest BCUT2D eigenvalue weighted by atomic mass is 10.1. The number of amidine groups is 1. The fourth-order valence-corrected chi connectivity index (χ4v) is 5.08. The van der Waals surface area contributed by atoms with E-state index in [1.807, 2.05) is 15.9 Å². The molecule has 1 aliphatic carbocycles. The van der Waals surface area contributed by atoms with Crippen LogP contribution in [0.3, 0.4) is 0 Å². The molecule has 0 spiro atoms. The first kappa shape index (κ1) is 18.4. The quantitative estimate of drug-likeness (QED) is 0.770. The lowest BCUT2D eigenvalue weighted by Gasteiger charge is -2.32. The molecule has 6 nitrogen and oxygen atoms in total. The largest absolute Gasteiger partial charge is 0.331 e. The molecule has 29 heavy (non-hydrogen) atoms. The number of carbonyl (C=O) groups is 1. The molecule has 0 bridgehead atoms. The first-order valence-electron chi connectivity index (χ1n) is 10.9. The van der Waals surface area contributed by atoms with E-state index in [9.17, 15) is 4.79 Å². The minimum atomic E-state index is 0.0322. The smallest absolute Gasteiger partial charge is 0.327 e. The van der Waals surface area contributed by atoms with Crippen LogP contribution in [0.5, 0.6) is 0 Å². The average molecular weight is 392 g/mol. The van der Waals surface area contributed by atoms with Gasteiger partial charge in [-0.1, -0.05) is 50.1 Å². The zero-order valence-corrected chi connectivity index (χ0v) is 17.3. The minimum Gasteiger partial charge on any atom is -0.327 e. The van der Waals surface area contributed by atoms with E-state index in [1.54, 1.807) is 0 Å². The SMILES string of the molecule is CCCN1C(=O)N2C[C@@H](Cc3ccccc3)N=C2c2c1nc(C1CCCC1)n2C. The predicted molar refractivity (Wildman–Crippen MR) is 115 cm³/mol. The number of carbonyl (C=O) groups excluding carboxylic acids is 1. The number of nitrogens with zero attached hydrogens (tertiary/aromatic N) is 5. The summed E-state index contributed by atoms with van der Waals surface area (Å²) in [6, 6.07) is 10.6. The van der Waals surface area contributed by atoms with Crippen molar-refractivity contribution in [2.45, 2.75) is 57.4 Å². The van der Waals surface area contributed by atoms with Crippen LogP contribution in [0.1, 0.15) is 62.0 Å². The fourth-order valence-electron chi connectivity index (χ4n) is 5.08. The van der Waals surface area contributed by atoms with Crippen LogP contribution >= 0.6 is 0 Å². The summed E-state index contributed by atoms with van der Waals surface area (Å²) in [5.74, 6) is 3.26. The molecule has 5 rings (SSSR count). The van der Waals surface area contributed by atoms with E-state index >= 15 is 0 Å². The Morgan fingerprint density at radius 3 is 2.62 bits per heavy atom. The summed E-state index contributed by atoms with van der Waals surface area (Å²) in [6.07, 6.45) is 6.69. The van der Waals surface area contributed by atoms with Gasteiger partial charge in [-0.15, -0.1) is 0 Å². The van der Waals surface area contributed by atoms with Crippen LogP contribution < -0.4 is 4.90 Å². The van der Waals surface area contributed by atoms with Crippen molar-refractivity contribution < 1.29 is 4.79 Å². The van der Waals surface area contributed by atoms with E-state index in [1.165, 1.54) is 31.2 Å². The summed E-state index contributed by atoms with van der Waals surface area (Å²) >= 11 is 0. The molecule has 1 aromatic heterocycles. The maximum absolute atomic E-state index is 13.3. The van der Waals surface area contributed by atoms with E-state index < -0.39 is 0 Å². The van der Waals surface area contributed by atoms with Gasteiger partial charge in [-0.05, 0) is 31.2 Å². The van der Waals surface area contributed by atoms with Crippen molar-refractivity contribution in [2.75, 3.05) is 18.0 Å². The molecule has 6 heteroatoms. The van der Waals surface area contributed by atoms with Crippen molar-refractivity contribution in [2.24, 2.45) is 12.0 Å². The van der Waals surface area contributed by atoms with E-state index in [4.69, 9.17) is 9.98 Å². The molecule has 0 saturated heterocycles. The van der Waals surface area contributed by atoms with Gasteiger partial charge in [0.2, 0.25) is 0 Å². The van der Waals surface area contributed by atoms with Crippen LogP contribution in [0.4, 0.5) is 10.6 Å². The van der Waals surface area contributed by atoms with Crippen molar-refractivity contribution in [1.29, 1.82) is 0 Å². The van der Waals surface area contributed by atoms with Gasteiger partial charge in [-0.3, -0.25) is 14.8 Å². The standard InChI is InChI=1S/C23H29N5O/c1-3-13-27-22-19(26(2)20(25-22)17-11-7-8-12-17)21-24-18(15-28(21)23(27)29)14-16-9-5-4-6-10-16/h4-6,9-10,17-18H,3,7-8,11-15H2,1-2H3/t18-/m1/s1. The Morgan fingerprint density at radius 1 is 1.14 bits per heavy atom. The molecule has 2 aliphatic heterocycles. The number of urea groups is 1. The van der Waals surface area contributed by atoms with Crippen molar-refractivity contribution in [3.05, 3.63) is 47.4 Å². The third-order valence-electron chi connectivity index (χ3n) is 6.48. The first-order valence-corrected chi connectivity index (χ1v) is 10.9. The van der Waals surface area contributed by atoms with Crippen LogP contribution in [0.2, 0.25) is 0 Å². The third-order valence-corrected chi connectivity index (χ3v) is 6.48. The Bertz CT molecular complexity index is 942. The highest BCUT2D eigenvalue weighted by Crippen LogP contribution is 2.39. The molecule has 0 radical (unpaired) electrons. The number of fused-ring (bicyclic) bond motifs is 3. The molecule has 1 saturated carbocycles. The number of aliphatic imine (C=N–C) groups is 1. The molecular formula is C23H29N5O. The number of amides is 2. The summed E-state index contributed by atoms with van der Waals surface area (Å²) in [7, 11) is 2.10. The molecule has 152 valence electrons. The zero-order valence-electron chi connectivity index (χ0n) is 17.3. The topological polar surface area (TPSA) is 53.7 Å². The van der Waals surface area contributed by atoms with Gasteiger partial charge in [0, 0.05) is 19.5 Å². The summed E-state index contributed by atoms with van der Waals surface area (Å²) < 4.78 is 2.22. The van der Waals surface area contributed by atoms with Crippen molar-refractivity contribution in [3.63, 3.8) is 0 Å². The van der Waals surface area contributed by atoms with E-state index in [0.717, 1.165) is 36.0 Å². The number of aromatic nitrogens is 2. The Hall–Kier alpha value is -2.63.